The highest BCUT2D eigenvalue weighted by atomic mass is 16.5. The molecule has 0 aromatic rings. The van der Waals surface area contributed by atoms with Crippen molar-refractivity contribution in [2.45, 2.75) is 63.1 Å². The molecular weight excluding hydrogens is 188 g/mol. The molecule has 0 saturated heterocycles. The van der Waals surface area contributed by atoms with Gasteiger partial charge in [0.25, 0.3) is 0 Å². The highest BCUT2D eigenvalue weighted by molar-refractivity contribution is 5.07. The largest absolute Gasteiger partial charge is 0.378 e. The smallest absolute Gasteiger partial charge is 0.106 e. The number of ether oxygens (including phenoxy) is 1. The Morgan fingerprint density at radius 1 is 1.40 bits per heavy atom. The second-order valence-corrected chi connectivity index (χ2v) is 5.04. The Hall–Kier alpha value is -0.590. The van der Waals surface area contributed by atoms with Crippen molar-refractivity contribution >= 4 is 0 Å². The van der Waals surface area contributed by atoms with Crippen molar-refractivity contribution in [1.82, 2.24) is 5.32 Å². The lowest BCUT2D eigenvalue weighted by Gasteiger charge is -2.28. The third-order valence-corrected chi connectivity index (χ3v) is 3.35. The number of hydrogen-bond donors (Lipinski definition) is 1. The first-order valence-electron chi connectivity index (χ1n) is 6.02. The van der Waals surface area contributed by atoms with Crippen LogP contribution in [-0.4, -0.2) is 24.3 Å². The molecule has 15 heavy (non-hydrogen) atoms. The monoisotopic (exact) mass is 208 g/mol. The highest BCUT2D eigenvalue weighted by Gasteiger charge is 2.32. The van der Waals surface area contributed by atoms with E-state index in [-0.39, 0.29) is 5.54 Å². The van der Waals surface area contributed by atoms with Crippen LogP contribution in [0.25, 0.3) is 0 Å². The quantitative estimate of drug-likeness (QED) is 0.726. The summed E-state index contributed by atoms with van der Waals surface area (Å²) in [5.74, 6) is 0. The van der Waals surface area contributed by atoms with Crippen LogP contribution in [0.4, 0.5) is 0 Å². The van der Waals surface area contributed by atoms with Gasteiger partial charge in [0, 0.05) is 19.1 Å². The van der Waals surface area contributed by atoms with Crippen LogP contribution >= 0.6 is 0 Å². The van der Waals surface area contributed by atoms with Gasteiger partial charge in [-0.25, -0.2) is 0 Å². The lowest BCUT2D eigenvalue weighted by Crippen LogP contribution is -2.43. The Morgan fingerprint density at radius 3 is 2.60 bits per heavy atom. The minimum Gasteiger partial charge on any atom is -0.378 e. The van der Waals surface area contributed by atoms with Crippen LogP contribution in [0.1, 0.15) is 45.4 Å². The molecule has 84 valence electrons. The van der Waals surface area contributed by atoms with Gasteiger partial charge < -0.3 is 4.74 Å². The predicted molar refractivity (Wildman–Crippen MR) is 58.4 cm³/mol. The molecule has 0 amide bonds. The van der Waals surface area contributed by atoms with Gasteiger partial charge in [-0.1, -0.05) is 0 Å². The van der Waals surface area contributed by atoms with Gasteiger partial charge in [0.05, 0.1) is 12.2 Å². The molecule has 1 N–H and O–H groups in total. The molecule has 0 bridgehead atoms. The van der Waals surface area contributed by atoms with Gasteiger partial charge in [-0.05, 0) is 39.0 Å². The zero-order valence-corrected chi connectivity index (χ0v) is 9.46. The summed E-state index contributed by atoms with van der Waals surface area (Å²) >= 11 is 0. The fourth-order valence-electron chi connectivity index (χ4n) is 1.81. The Labute approximate surface area is 91.8 Å². The third-order valence-electron chi connectivity index (χ3n) is 3.35. The van der Waals surface area contributed by atoms with E-state index in [2.05, 4.69) is 11.4 Å². The van der Waals surface area contributed by atoms with Crippen LogP contribution in [0.3, 0.4) is 0 Å². The summed E-state index contributed by atoms with van der Waals surface area (Å²) in [6.07, 6.45) is 7.45. The lowest BCUT2D eigenvalue weighted by molar-refractivity contribution is -0.00400. The van der Waals surface area contributed by atoms with Crippen LogP contribution in [0.2, 0.25) is 0 Å². The van der Waals surface area contributed by atoms with Gasteiger partial charge in [-0.3, -0.25) is 5.32 Å². The molecule has 2 fully saturated rings. The van der Waals surface area contributed by atoms with Crippen LogP contribution < -0.4 is 5.32 Å². The van der Waals surface area contributed by atoms with E-state index in [0.717, 1.165) is 6.42 Å². The van der Waals surface area contributed by atoms with E-state index in [1.54, 1.807) is 0 Å². The summed E-state index contributed by atoms with van der Waals surface area (Å²) in [6, 6.07) is 2.95. The molecule has 0 aliphatic heterocycles. The Bertz CT molecular complexity index is 253. The van der Waals surface area contributed by atoms with Gasteiger partial charge in [0.15, 0.2) is 0 Å². The third kappa shape index (κ3) is 3.19. The number of hydrogen-bond acceptors (Lipinski definition) is 3. The van der Waals surface area contributed by atoms with Gasteiger partial charge in [-0.15, -0.1) is 0 Å². The zero-order chi connectivity index (χ0) is 10.7. The number of nitriles is 1. The fourth-order valence-corrected chi connectivity index (χ4v) is 1.81. The van der Waals surface area contributed by atoms with E-state index in [0.29, 0.717) is 18.8 Å². The van der Waals surface area contributed by atoms with Gasteiger partial charge >= 0.3 is 0 Å². The first-order valence-corrected chi connectivity index (χ1v) is 6.02. The molecule has 3 heteroatoms. The standard InChI is InChI=1S/C12H20N2O/c1-12(9-13,14-10-5-6-10)7-8-15-11-3-2-4-11/h10-11,14H,2-8H2,1H3. The van der Waals surface area contributed by atoms with E-state index < -0.39 is 0 Å². The number of rotatable bonds is 6. The van der Waals surface area contributed by atoms with Crippen LogP contribution in [0, 0.1) is 11.3 Å². The SMILES string of the molecule is CC(C#N)(CCOC1CCC1)NC1CC1. The van der Waals surface area contributed by atoms with Crippen molar-refractivity contribution in [2.24, 2.45) is 0 Å². The Morgan fingerprint density at radius 2 is 2.13 bits per heavy atom. The topological polar surface area (TPSA) is 45.0 Å². The first-order chi connectivity index (χ1) is 7.22. The number of nitrogens with zero attached hydrogens (tertiary/aromatic N) is 1. The lowest BCUT2D eigenvalue weighted by atomic mass is 9.95. The van der Waals surface area contributed by atoms with Crippen LogP contribution in [0.5, 0.6) is 0 Å². The summed E-state index contributed by atoms with van der Waals surface area (Å²) in [7, 11) is 0. The maximum atomic E-state index is 9.13. The van der Waals surface area contributed by atoms with Crippen molar-refractivity contribution in [1.29, 1.82) is 5.26 Å². The normalized spacial score (nSPS) is 25.3. The van der Waals surface area contributed by atoms with Crippen LogP contribution in [0.15, 0.2) is 0 Å². The summed E-state index contributed by atoms with van der Waals surface area (Å²) in [5.41, 5.74) is -0.384. The van der Waals surface area contributed by atoms with Crippen molar-refractivity contribution < 1.29 is 4.74 Å². The summed E-state index contributed by atoms with van der Waals surface area (Å²) in [4.78, 5) is 0. The molecule has 1 atom stereocenters. The average Bonchev–Trinajstić information content (AvgIpc) is 2.93. The van der Waals surface area contributed by atoms with Crippen LogP contribution in [-0.2, 0) is 4.74 Å². The fraction of sp³-hybridized carbons (Fsp3) is 0.917. The summed E-state index contributed by atoms with van der Waals surface area (Å²) in [6.45, 7) is 2.70. The molecule has 2 aliphatic carbocycles. The summed E-state index contributed by atoms with van der Waals surface area (Å²) in [5, 5.41) is 12.5. The van der Waals surface area contributed by atoms with Crippen molar-refractivity contribution in [3.63, 3.8) is 0 Å². The molecule has 0 spiro atoms. The van der Waals surface area contributed by atoms with Gasteiger partial charge in [-0.2, -0.15) is 5.26 Å². The molecule has 2 aliphatic rings. The average molecular weight is 208 g/mol. The second kappa shape index (κ2) is 4.51. The second-order valence-electron chi connectivity index (χ2n) is 5.04. The highest BCUT2D eigenvalue weighted by Crippen LogP contribution is 2.25. The zero-order valence-electron chi connectivity index (χ0n) is 9.46. The van der Waals surface area contributed by atoms with E-state index in [4.69, 9.17) is 10.00 Å². The molecule has 0 radical (unpaired) electrons. The summed E-state index contributed by atoms with van der Waals surface area (Å²) < 4.78 is 5.69. The Kier molecular flexibility index (Phi) is 3.28. The molecule has 2 rings (SSSR count). The molecule has 0 aromatic heterocycles. The minimum atomic E-state index is -0.384. The molecule has 0 aromatic carbocycles. The predicted octanol–water partition coefficient (Wildman–Crippen LogP) is 1.98. The van der Waals surface area contributed by atoms with Gasteiger partial charge in [0.2, 0.25) is 0 Å². The number of nitrogens with one attached hydrogen (secondary N) is 1. The van der Waals surface area contributed by atoms with E-state index in [1.165, 1.54) is 32.1 Å². The van der Waals surface area contributed by atoms with Crippen molar-refractivity contribution in [3.05, 3.63) is 0 Å². The van der Waals surface area contributed by atoms with E-state index in [1.807, 2.05) is 6.92 Å². The molecular formula is C12H20N2O. The first kappa shape index (κ1) is 10.9. The van der Waals surface area contributed by atoms with E-state index >= 15 is 0 Å². The molecule has 0 heterocycles. The molecule has 1 unspecified atom stereocenters. The minimum absolute atomic E-state index is 0.384. The maximum Gasteiger partial charge on any atom is 0.106 e. The van der Waals surface area contributed by atoms with E-state index in [9.17, 15) is 0 Å². The van der Waals surface area contributed by atoms with Crippen molar-refractivity contribution in [2.75, 3.05) is 6.61 Å². The maximum absolute atomic E-state index is 9.13. The molecule has 3 nitrogen and oxygen atoms in total. The van der Waals surface area contributed by atoms with Gasteiger partial charge in [0.1, 0.15) is 5.54 Å². The molecule has 2 saturated carbocycles. The Balaban J connectivity index is 1.66. The van der Waals surface area contributed by atoms with Crippen molar-refractivity contribution in [3.8, 4) is 6.07 Å².